The Hall–Kier alpha value is -0.850. The minimum absolute atomic E-state index is 0.0503. The van der Waals surface area contributed by atoms with Gasteiger partial charge in [-0.1, -0.05) is 39.0 Å². The van der Waals surface area contributed by atoms with Crippen LogP contribution in [-0.4, -0.2) is 0 Å². The molecule has 1 heteroatoms. The van der Waals surface area contributed by atoms with E-state index >= 15 is 0 Å². The Morgan fingerprint density at radius 2 is 1.83 bits per heavy atom. The lowest BCUT2D eigenvalue weighted by Crippen LogP contribution is -2.17. The van der Waals surface area contributed by atoms with Crippen LogP contribution in [0.15, 0.2) is 24.3 Å². The standard InChI is InChI=1S/C11H15F/c1-4-11(2,3)9-7-5-6-8-10(9)12/h5-8H,4H2,1-3H3. The molecule has 12 heavy (non-hydrogen) atoms. The molecule has 0 radical (unpaired) electrons. The van der Waals surface area contributed by atoms with E-state index in [1.54, 1.807) is 6.07 Å². The Bertz CT molecular complexity index is 263. The van der Waals surface area contributed by atoms with Gasteiger partial charge in [-0.25, -0.2) is 4.39 Å². The maximum atomic E-state index is 13.3. The first-order valence-electron chi connectivity index (χ1n) is 4.33. The summed E-state index contributed by atoms with van der Waals surface area (Å²) in [6.07, 6.45) is 0.952. The molecule has 1 aromatic carbocycles. The first-order valence-corrected chi connectivity index (χ1v) is 4.33. The highest BCUT2D eigenvalue weighted by atomic mass is 19.1. The fraction of sp³-hybridized carbons (Fsp3) is 0.455. The summed E-state index contributed by atoms with van der Waals surface area (Å²) in [7, 11) is 0. The Kier molecular flexibility index (Phi) is 2.51. The van der Waals surface area contributed by atoms with Gasteiger partial charge in [0, 0.05) is 0 Å². The summed E-state index contributed by atoms with van der Waals surface area (Å²) in [6, 6.07) is 6.99. The van der Waals surface area contributed by atoms with E-state index in [4.69, 9.17) is 0 Å². The minimum Gasteiger partial charge on any atom is -0.207 e. The monoisotopic (exact) mass is 166 g/mol. The van der Waals surface area contributed by atoms with Crippen LogP contribution in [-0.2, 0) is 5.41 Å². The van der Waals surface area contributed by atoms with Crippen LogP contribution in [0, 0.1) is 5.82 Å². The summed E-state index contributed by atoms with van der Waals surface area (Å²) in [6.45, 7) is 6.20. The van der Waals surface area contributed by atoms with Crippen molar-refractivity contribution in [3.8, 4) is 0 Å². The molecule has 0 N–H and O–H groups in total. The van der Waals surface area contributed by atoms with Gasteiger partial charge in [-0.3, -0.25) is 0 Å². The van der Waals surface area contributed by atoms with Gasteiger partial charge in [-0.15, -0.1) is 0 Å². The van der Waals surface area contributed by atoms with Crippen molar-refractivity contribution < 1.29 is 4.39 Å². The maximum Gasteiger partial charge on any atom is 0.126 e. The van der Waals surface area contributed by atoms with E-state index in [-0.39, 0.29) is 11.2 Å². The first-order chi connectivity index (χ1) is 5.58. The van der Waals surface area contributed by atoms with Gasteiger partial charge >= 0.3 is 0 Å². The Morgan fingerprint density at radius 1 is 1.25 bits per heavy atom. The average Bonchev–Trinajstić information content (AvgIpc) is 2.05. The summed E-state index contributed by atoms with van der Waals surface area (Å²) in [5, 5.41) is 0. The van der Waals surface area contributed by atoms with Crippen molar-refractivity contribution in [2.45, 2.75) is 32.6 Å². The van der Waals surface area contributed by atoms with Crippen LogP contribution in [0.5, 0.6) is 0 Å². The SMILES string of the molecule is CCC(C)(C)c1ccccc1F. The quantitative estimate of drug-likeness (QED) is 0.630. The van der Waals surface area contributed by atoms with Crippen molar-refractivity contribution in [3.63, 3.8) is 0 Å². The van der Waals surface area contributed by atoms with Crippen LogP contribution >= 0.6 is 0 Å². The summed E-state index contributed by atoms with van der Waals surface area (Å²) in [5.41, 5.74) is 0.762. The molecule has 0 spiro atoms. The van der Waals surface area contributed by atoms with E-state index in [9.17, 15) is 4.39 Å². The molecule has 0 saturated heterocycles. The zero-order valence-electron chi connectivity index (χ0n) is 7.89. The number of rotatable bonds is 2. The average molecular weight is 166 g/mol. The first kappa shape index (κ1) is 9.24. The molecule has 0 nitrogen and oxygen atoms in total. The van der Waals surface area contributed by atoms with E-state index in [1.165, 1.54) is 6.07 Å². The van der Waals surface area contributed by atoms with Gasteiger partial charge in [0.2, 0.25) is 0 Å². The van der Waals surface area contributed by atoms with Gasteiger partial charge < -0.3 is 0 Å². The number of hydrogen-bond donors (Lipinski definition) is 0. The number of halogens is 1. The fourth-order valence-corrected chi connectivity index (χ4v) is 1.20. The van der Waals surface area contributed by atoms with Crippen LogP contribution in [0.25, 0.3) is 0 Å². The molecule has 0 bridgehead atoms. The molecule has 0 aromatic heterocycles. The molecule has 1 rings (SSSR count). The topological polar surface area (TPSA) is 0 Å². The van der Waals surface area contributed by atoms with E-state index in [0.29, 0.717) is 0 Å². The van der Waals surface area contributed by atoms with Crippen molar-refractivity contribution in [2.75, 3.05) is 0 Å². The van der Waals surface area contributed by atoms with Crippen LogP contribution in [0.3, 0.4) is 0 Å². The van der Waals surface area contributed by atoms with Crippen molar-refractivity contribution in [1.82, 2.24) is 0 Å². The van der Waals surface area contributed by atoms with Crippen molar-refractivity contribution in [3.05, 3.63) is 35.6 Å². The molecular weight excluding hydrogens is 151 g/mol. The molecule has 66 valence electrons. The van der Waals surface area contributed by atoms with Crippen molar-refractivity contribution in [2.24, 2.45) is 0 Å². The van der Waals surface area contributed by atoms with E-state index in [0.717, 1.165) is 12.0 Å². The van der Waals surface area contributed by atoms with Crippen LogP contribution < -0.4 is 0 Å². The minimum atomic E-state index is -0.0932. The summed E-state index contributed by atoms with van der Waals surface area (Å²) < 4.78 is 13.3. The second kappa shape index (κ2) is 3.26. The predicted molar refractivity (Wildman–Crippen MR) is 49.7 cm³/mol. The summed E-state index contributed by atoms with van der Waals surface area (Å²) >= 11 is 0. The molecule has 0 aliphatic carbocycles. The van der Waals surface area contributed by atoms with E-state index < -0.39 is 0 Å². The van der Waals surface area contributed by atoms with Gasteiger partial charge in [0.1, 0.15) is 5.82 Å². The van der Waals surface area contributed by atoms with Gasteiger partial charge in [-0.2, -0.15) is 0 Å². The predicted octanol–water partition coefficient (Wildman–Crippen LogP) is 3.51. The zero-order valence-corrected chi connectivity index (χ0v) is 7.89. The summed E-state index contributed by atoms with van der Waals surface area (Å²) in [4.78, 5) is 0. The molecule has 1 aromatic rings. The van der Waals surface area contributed by atoms with Crippen molar-refractivity contribution in [1.29, 1.82) is 0 Å². The second-order valence-electron chi connectivity index (χ2n) is 3.72. The lowest BCUT2D eigenvalue weighted by atomic mass is 9.82. The Morgan fingerprint density at radius 3 is 2.33 bits per heavy atom. The smallest absolute Gasteiger partial charge is 0.126 e. The highest BCUT2D eigenvalue weighted by molar-refractivity contribution is 5.25. The molecule has 0 aliphatic rings. The molecule has 0 unspecified atom stereocenters. The normalized spacial score (nSPS) is 11.7. The lowest BCUT2D eigenvalue weighted by Gasteiger charge is -2.23. The molecule has 0 aliphatic heterocycles. The third kappa shape index (κ3) is 1.66. The van der Waals surface area contributed by atoms with Crippen LogP contribution in [0.1, 0.15) is 32.8 Å². The highest BCUT2D eigenvalue weighted by Gasteiger charge is 2.20. The molecule has 0 heterocycles. The maximum absolute atomic E-state index is 13.3. The second-order valence-corrected chi connectivity index (χ2v) is 3.72. The Labute approximate surface area is 73.4 Å². The number of benzene rings is 1. The fourth-order valence-electron chi connectivity index (χ4n) is 1.20. The van der Waals surface area contributed by atoms with Crippen molar-refractivity contribution >= 4 is 0 Å². The summed E-state index contributed by atoms with van der Waals surface area (Å²) in [5.74, 6) is -0.0932. The van der Waals surface area contributed by atoms with Gasteiger partial charge in [-0.05, 0) is 23.5 Å². The highest BCUT2D eigenvalue weighted by Crippen LogP contribution is 2.28. The third-order valence-electron chi connectivity index (χ3n) is 2.49. The molecule has 0 fully saturated rings. The number of hydrogen-bond acceptors (Lipinski definition) is 0. The molecule has 0 saturated carbocycles. The lowest BCUT2D eigenvalue weighted by molar-refractivity contribution is 0.469. The largest absolute Gasteiger partial charge is 0.207 e. The molecule has 0 amide bonds. The zero-order chi connectivity index (χ0) is 9.19. The Balaban J connectivity index is 3.10. The molecule has 0 atom stereocenters. The molecular formula is C11H15F. The van der Waals surface area contributed by atoms with E-state index in [2.05, 4.69) is 20.8 Å². The van der Waals surface area contributed by atoms with E-state index in [1.807, 2.05) is 12.1 Å². The van der Waals surface area contributed by atoms with Gasteiger partial charge in [0.25, 0.3) is 0 Å². The third-order valence-corrected chi connectivity index (χ3v) is 2.49. The van der Waals surface area contributed by atoms with Gasteiger partial charge in [0.05, 0.1) is 0 Å². The van der Waals surface area contributed by atoms with Gasteiger partial charge in [0.15, 0.2) is 0 Å². The van der Waals surface area contributed by atoms with Crippen LogP contribution in [0.2, 0.25) is 0 Å². The van der Waals surface area contributed by atoms with Crippen LogP contribution in [0.4, 0.5) is 4.39 Å².